The Hall–Kier alpha value is -1.57. The Morgan fingerprint density at radius 3 is 2.61 bits per heavy atom. The van der Waals surface area contributed by atoms with Crippen molar-refractivity contribution in [1.82, 2.24) is 4.90 Å². The highest BCUT2D eigenvalue weighted by Gasteiger charge is 2.16. The van der Waals surface area contributed by atoms with Gasteiger partial charge < -0.3 is 9.84 Å². The third kappa shape index (κ3) is 4.36. The summed E-state index contributed by atoms with van der Waals surface area (Å²) in [7, 11) is 3.53. The fraction of sp³-hybridized carbons (Fsp3) is 0.500. The molecule has 0 bridgehead atoms. The molecular weight excluding hydrogens is 228 g/mol. The second kappa shape index (κ2) is 5.85. The van der Waals surface area contributed by atoms with Gasteiger partial charge >= 0.3 is 0 Å². The molecule has 18 heavy (non-hydrogen) atoms. The zero-order valence-electron chi connectivity index (χ0n) is 11.4. The van der Waals surface area contributed by atoms with Gasteiger partial charge in [-0.1, -0.05) is 6.07 Å². The molecule has 1 aromatic rings. The number of likely N-dealkylation sites (N-methyl/N-ethyl adjacent to an activating group) is 1. The van der Waals surface area contributed by atoms with E-state index < -0.39 is 5.60 Å². The molecule has 4 nitrogen and oxygen atoms in total. The monoisotopic (exact) mass is 248 g/mol. The molecule has 0 aliphatic carbocycles. The number of hydrogen-bond acceptors (Lipinski definition) is 4. The summed E-state index contributed by atoms with van der Waals surface area (Å²) in [6.45, 7) is 4.79. The molecule has 0 unspecified atom stereocenters. The molecule has 0 saturated carbocycles. The first-order valence-electron chi connectivity index (χ1n) is 5.83. The molecule has 0 aromatic heterocycles. The minimum atomic E-state index is -0.728. The lowest BCUT2D eigenvalue weighted by Crippen LogP contribution is -2.35. The summed E-state index contributed by atoms with van der Waals surface area (Å²) in [6, 6.07) is 7.48. The van der Waals surface area contributed by atoms with E-state index in [1.807, 2.05) is 18.0 Å². The maximum absolute atomic E-state index is 9.76. The van der Waals surface area contributed by atoms with Crippen LogP contribution in [0.5, 0.6) is 5.75 Å². The summed E-state index contributed by atoms with van der Waals surface area (Å²) in [4.78, 5) is 2.02. The van der Waals surface area contributed by atoms with Crippen molar-refractivity contribution in [3.8, 4) is 11.8 Å². The van der Waals surface area contributed by atoms with E-state index in [4.69, 9.17) is 10.00 Å². The van der Waals surface area contributed by atoms with Gasteiger partial charge in [-0.05, 0) is 33.0 Å². The maximum atomic E-state index is 9.76. The first-order chi connectivity index (χ1) is 8.35. The van der Waals surface area contributed by atoms with Gasteiger partial charge in [0.1, 0.15) is 5.75 Å². The zero-order valence-corrected chi connectivity index (χ0v) is 11.4. The predicted octanol–water partition coefficient (Wildman–Crippen LogP) is 1.77. The SMILES string of the molecule is COc1cc(C#N)ccc1CN(C)CC(C)(C)O. The Morgan fingerprint density at radius 2 is 2.11 bits per heavy atom. The molecule has 1 aromatic carbocycles. The molecule has 0 spiro atoms. The Bertz CT molecular complexity index is 444. The smallest absolute Gasteiger partial charge is 0.124 e. The van der Waals surface area contributed by atoms with Crippen LogP contribution in [0.2, 0.25) is 0 Å². The molecule has 0 amide bonds. The first-order valence-corrected chi connectivity index (χ1v) is 5.83. The number of nitrogens with zero attached hydrogens (tertiary/aromatic N) is 2. The Labute approximate surface area is 108 Å². The largest absolute Gasteiger partial charge is 0.496 e. The summed E-state index contributed by atoms with van der Waals surface area (Å²) < 4.78 is 5.28. The maximum Gasteiger partial charge on any atom is 0.124 e. The highest BCUT2D eigenvalue weighted by molar-refractivity contribution is 5.42. The van der Waals surface area contributed by atoms with E-state index in [-0.39, 0.29) is 0 Å². The molecule has 0 aliphatic heterocycles. The van der Waals surface area contributed by atoms with Crippen LogP contribution >= 0.6 is 0 Å². The molecule has 1 N–H and O–H groups in total. The summed E-state index contributed by atoms with van der Waals surface area (Å²) in [5.41, 5.74) is 0.859. The number of ether oxygens (including phenoxy) is 1. The molecule has 1 rings (SSSR count). The van der Waals surface area contributed by atoms with E-state index in [1.54, 1.807) is 33.1 Å². The van der Waals surface area contributed by atoms with Crippen molar-refractivity contribution < 1.29 is 9.84 Å². The lowest BCUT2D eigenvalue weighted by Gasteiger charge is -2.26. The average Bonchev–Trinajstić information content (AvgIpc) is 2.27. The standard InChI is InChI=1S/C14H20N2O2/c1-14(2,17)10-16(3)9-12-6-5-11(8-15)7-13(12)18-4/h5-7,17H,9-10H2,1-4H3. The minimum Gasteiger partial charge on any atom is -0.496 e. The van der Waals surface area contributed by atoms with Gasteiger partial charge in [-0.25, -0.2) is 0 Å². The fourth-order valence-corrected chi connectivity index (χ4v) is 1.95. The zero-order chi connectivity index (χ0) is 13.8. The van der Waals surface area contributed by atoms with Crippen LogP contribution in [-0.4, -0.2) is 36.3 Å². The van der Waals surface area contributed by atoms with E-state index in [9.17, 15) is 5.11 Å². The molecule has 4 heteroatoms. The molecule has 0 radical (unpaired) electrons. The van der Waals surface area contributed by atoms with Crippen LogP contribution in [0.1, 0.15) is 25.0 Å². The summed E-state index contributed by atoms with van der Waals surface area (Å²) in [5.74, 6) is 0.705. The average molecular weight is 248 g/mol. The minimum absolute atomic E-state index is 0.566. The molecule has 0 aliphatic rings. The van der Waals surface area contributed by atoms with Crippen molar-refractivity contribution in [2.45, 2.75) is 26.0 Å². The van der Waals surface area contributed by atoms with Crippen molar-refractivity contribution in [3.63, 3.8) is 0 Å². The van der Waals surface area contributed by atoms with E-state index in [0.29, 0.717) is 24.4 Å². The van der Waals surface area contributed by atoms with Crippen molar-refractivity contribution in [3.05, 3.63) is 29.3 Å². The van der Waals surface area contributed by atoms with E-state index in [1.165, 1.54) is 0 Å². The Kier molecular flexibility index (Phi) is 4.71. The number of benzene rings is 1. The Balaban J connectivity index is 2.81. The van der Waals surface area contributed by atoms with Gasteiger partial charge in [0.15, 0.2) is 0 Å². The highest BCUT2D eigenvalue weighted by atomic mass is 16.5. The van der Waals surface area contributed by atoms with Crippen LogP contribution in [0.4, 0.5) is 0 Å². The molecule has 0 fully saturated rings. The van der Waals surface area contributed by atoms with Gasteiger partial charge in [0.05, 0.1) is 24.3 Å². The molecular formula is C14H20N2O2. The first kappa shape index (κ1) is 14.5. The van der Waals surface area contributed by atoms with Gasteiger partial charge in [0, 0.05) is 18.7 Å². The van der Waals surface area contributed by atoms with E-state index in [2.05, 4.69) is 6.07 Å². The van der Waals surface area contributed by atoms with Crippen LogP contribution in [0.3, 0.4) is 0 Å². The van der Waals surface area contributed by atoms with Crippen molar-refractivity contribution in [1.29, 1.82) is 5.26 Å². The van der Waals surface area contributed by atoms with E-state index >= 15 is 0 Å². The Morgan fingerprint density at radius 1 is 1.44 bits per heavy atom. The summed E-state index contributed by atoms with van der Waals surface area (Å²) >= 11 is 0. The molecule has 0 heterocycles. The molecule has 0 saturated heterocycles. The van der Waals surface area contributed by atoms with Crippen LogP contribution in [0, 0.1) is 11.3 Å². The van der Waals surface area contributed by atoms with Crippen LogP contribution in [0.15, 0.2) is 18.2 Å². The third-order valence-electron chi connectivity index (χ3n) is 2.51. The second-order valence-corrected chi connectivity index (χ2v) is 5.12. The fourth-order valence-electron chi connectivity index (χ4n) is 1.95. The van der Waals surface area contributed by atoms with Gasteiger partial charge in [0.2, 0.25) is 0 Å². The quantitative estimate of drug-likeness (QED) is 0.862. The van der Waals surface area contributed by atoms with Crippen molar-refractivity contribution >= 4 is 0 Å². The molecule has 0 atom stereocenters. The number of aliphatic hydroxyl groups is 1. The van der Waals surface area contributed by atoms with Crippen LogP contribution < -0.4 is 4.74 Å². The predicted molar refractivity (Wildman–Crippen MR) is 70.3 cm³/mol. The summed E-state index contributed by atoms with van der Waals surface area (Å²) in [6.07, 6.45) is 0. The van der Waals surface area contributed by atoms with Gasteiger partial charge in [0.25, 0.3) is 0 Å². The van der Waals surface area contributed by atoms with Crippen LogP contribution in [-0.2, 0) is 6.54 Å². The number of rotatable bonds is 5. The number of nitriles is 1. The van der Waals surface area contributed by atoms with Crippen LogP contribution in [0.25, 0.3) is 0 Å². The van der Waals surface area contributed by atoms with Gasteiger partial charge in [-0.3, -0.25) is 4.90 Å². The number of hydrogen-bond donors (Lipinski definition) is 1. The van der Waals surface area contributed by atoms with Crippen molar-refractivity contribution in [2.75, 3.05) is 20.7 Å². The van der Waals surface area contributed by atoms with Crippen molar-refractivity contribution in [2.24, 2.45) is 0 Å². The number of methoxy groups -OCH3 is 1. The summed E-state index contributed by atoms with van der Waals surface area (Å²) in [5, 5.41) is 18.6. The third-order valence-corrected chi connectivity index (χ3v) is 2.51. The lowest BCUT2D eigenvalue weighted by atomic mass is 10.1. The van der Waals surface area contributed by atoms with Gasteiger partial charge in [-0.2, -0.15) is 5.26 Å². The van der Waals surface area contributed by atoms with Gasteiger partial charge in [-0.15, -0.1) is 0 Å². The lowest BCUT2D eigenvalue weighted by molar-refractivity contribution is 0.0423. The highest BCUT2D eigenvalue weighted by Crippen LogP contribution is 2.21. The topological polar surface area (TPSA) is 56.5 Å². The van der Waals surface area contributed by atoms with E-state index in [0.717, 1.165) is 5.56 Å². The normalized spacial score (nSPS) is 11.4. The molecule has 98 valence electrons. The second-order valence-electron chi connectivity index (χ2n) is 5.12.